The molecule has 0 radical (unpaired) electrons. The molecule has 1 aromatic carbocycles. The maximum Gasteiger partial charge on any atom is 0.253 e. The zero-order chi connectivity index (χ0) is 13.9. The highest BCUT2D eigenvalue weighted by molar-refractivity contribution is 14.1. The number of piperidine rings is 1. The third-order valence-corrected chi connectivity index (χ3v) is 5.54. The fraction of sp³-hybridized carbons (Fsp3) is 0.429. The van der Waals surface area contributed by atoms with Crippen LogP contribution >= 0.6 is 34.4 Å². The lowest BCUT2D eigenvalue weighted by Gasteiger charge is -2.36. The second-order valence-electron chi connectivity index (χ2n) is 4.61. The van der Waals surface area contributed by atoms with Crippen molar-refractivity contribution in [1.29, 1.82) is 5.26 Å². The third-order valence-electron chi connectivity index (χ3n) is 3.54. The van der Waals surface area contributed by atoms with Gasteiger partial charge in [-0.3, -0.25) is 4.79 Å². The van der Waals surface area contributed by atoms with Crippen LogP contribution in [0.15, 0.2) is 24.3 Å². The van der Waals surface area contributed by atoms with Crippen molar-refractivity contribution >= 4 is 40.3 Å². The lowest BCUT2D eigenvalue weighted by molar-refractivity contribution is 0.0716. The first-order chi connectivity index (χ1) is 9.10. The highest BCUT2D eigenvalue weighted by atomic mass is 127. The number of likely N-dealkylation sites (tertiary alicyclic amines) is 1. The number of nitrogens with zero attached hydrogens (tertiary/aromatic N) is 2. The highest BCUT2D eigenvalue weighted by Gasteiger charge is 2.35. The molecular formula is C14H15IN2OS. The predicted molar refractivity (Wildman–Crippen MR) is 86.2 cm³/mol. The number of halogens is 1. The van der Waals surface area contributed by atoms with E-state index in [1.54, 1.807) is 11.8 Å². The smallest absolute Gasteiger partial charge is 0.253 e. The van der Waals surface area contributed by atoms with Crippen LogP contribution in [0.2, 0.25) is 0 Å². The van der Waals surface area contributed by atoms with Crippen molar-refractivity contribution in [2.75, 3.05) is 19.3 Å². The van der Waals surface area contributed by atoms with E-state index in [1.807, 2.05) is 35.4 Å². The Morgan fingerprint density at radius 3 is 2.42 bits per heavy atom. The largest absolute Gasteiger partial charge is 0.338 e. The summed E-state index contributed by atoms with van der Waals surface area (Å²) < 4.78 is 0.821. The summed E-state index contributed by atoms with van der Waals surface area (Å²) in [6, 6.07) is 10.0. The van der Waals surface area contributed by atoms with Crippen LogP contribution in [0.25, 0.3) is 0 Å². The molecule has 0 aromatic heterocycles. The molecule has 0 aliphatic carbocycles. The van der Waals surface area contributed by atoms with Gasteiger partial charge in [-0.15, -0.1) is 11.8 Å². The summed E-state index contributed by atoms with van der Waals surface area (Å²) in [5, 5.41) is 9.24. The summed E-state index contributed by atoms with van der Waals surface area (Å²) in [6.07, 6.45) is 3.47. The van der Waals surface area contributed by atoms with E-state index in [2.05, 4.69) is 28.7 Å². The standard InChI is InChI=1S/C14H15IN2OS/c1-19-14(10-16)6-8-17(9-7-14)13(18)11-2-4-12(15)5-3-11/h2-5H,6-9H2,1H3. The molecule has 1 aliphatic rings. The molecule has 100 valence electrons. The monoisotopic (exact) mass is 386 g/mol. The van der Waals surface area contributed by atoms with Gasteiger partial charge in [-0.05, 0) is 66.0 Å². The van der Waals surface area contributed by atoms with Gasteiger partial charge in [-0.25, -0.2) is 0 Å². The second-order valence-corrected chi connectivity index (χ2v) is 7.04. The van der Waals surface area contributed by atoms with Crippen LogP contribution in [0, 0.1) is 14.9 Å². The molecule has 1 heterocycles. The Morgan fingerprint density at radius 2 is 1.95 bits per heavy atom. The molecule has 3 nitrogen and oxygen atoms in total. The Morgan fingerprint density at radius 1 is 1.37 bits per heavy atom. The van der Waals surface area contributed by atoms with Crippen molar-refractivity contribution in [3.63, 3.8) is 0 Å². The number of hydrogen-bond acceptors (Lipinski definition) is 3. The van der Waals surface area contributed by atoms with Crippen molar-refractivity contribution < 1.29 is 4.79 Å². The molecule has 2 rings (SSSR count). The maximum atomic E-state index is 12.3. The van der Waals surface area contributed by atoms with Gasteiger partial charge in [0.25, 0.3) is 5.91 Å². The molecule has 19 heavy (non-hydrogen) atoms. The second kappa shape index (κ2) is 6.14. The van der Waals surface area contributed by atoms with Gasteiger partial charge in [0.2, 0.25) is 0 Å². The van der Waals surface area contributed by atoms with Gasteiger partial charge >= 0.3 is 0 Å². The van der Waals surface area contributed by atoms with Crippen LogP contribution in [0.3, 0.4) is 0 Å². The van der Waals surface area contributed by atoms with Gasteiger partial charge in [0.15, 0.2) is 0 Å². The van der Waals surface area contributed by atoms with Crippen molar-refractivity contribution in [3.8, 4) is 6.07 Å². The number of thioether (sulfide) groups is 1. The van der Waals surface area contributed by atoms with Gasteiger partial charge in [0.1, 0.15) is 4.75 Å². The Balaban J connectivity index is 2.04. The maximum absolute atomic E-state index is 12.3. The summed E-state index contributed by atoms with van der Waals surface area (Å²) in [4.78, 5) is 14.2. The average Bonchev–Trinajstić information content (AvgIpc) is 2.47. The van der Waals surface area contributed by atoms with Crippen LogP contribution in [-0.4, -0.2) is 34.9 Å². The Hall–Kier alpha value is -0.740. The molecule has 0 bridgehead atoms. The fourth-order valence-electron chi connectivity index (χ4n) is 2.21. The van der Waals surface area contributed by atoms with E-state index < -0.39 is 0 Å². The Labute approximate surface area is 131 Å². The molecule has 1 aliphatic heterocycles. The van der Waals surface area contributed by atoms with E-state index in [-0.39, 0.29) is 10.7 Å². The van der Waals surface area contributed by atoms with Gasteiger partial charge in [0, 0.05) is 22.2 Å². The number of amides is 1. The van der Waals surface area contributed by atoms with Gasteiger partial charge < -0.3 is 4.90 Å². The lowest BCUT2D eigenvalue weighted by atomic mass is 9.96. The summed E-state index contributed by atoms with van der Waals surface area (Å²) in [5.74, 6) is 0.0732. The number of benzene rings is 1. The fourth-order valence-corrected chi connectivity index (χ4v) is 3.25. The topological polar surface area (TPSA) is 44.1 Å². The van der Waals surface area contributed by atoms with Crippen LogP contribution in [0.4, 0.5) is 0 Å². The molecule has 1 saturated heterocycles. The van der Waals surface area contributed by atoms with Crippen molar-refractivity contribution in [3.05, 3.63) is 33.4 Å². The van der Waals surface area contributed by atoms with Gasteiger partial charge in [0.05, 0.1) is 6.07 Å². The van der Waals surface area contributed by atoms with E-state index in [4.69, 9.17) is 0 Å². The lowest BCUT2D eigenvalue weighted by Crippen LogP contribution is -2.44. The summed E-state index contributed by atoms with van der Waals surface area (Å²) in [7, 11) is 0. The van der Waals surface area contributed by atoms with E-state index in [9.17, 15) is 10.1 Å². The molecule has 1 fully saturated rings. The van der Waals surface area contributed by atoms with Crippen LogP contribution in [-0.2, 0) is 0 Å². The summed E-state index contributed by atoms with van der Waals surface area (Å²) >= 11 is 3.83. The predicted octanol–water partition coefficient (Wildman–Crippen LogP) is 3.15. The molecule has 0 atom stereocenters. The zero-order valence-electron chi connectivity index (χ0n) is 10.7. The molecule has 0 spiro atoms. The Bertz CT molecular complexity index is 501. The molecule has 5 heteroatoms. The molecular weight excluding hydrogens is 371 g/mol. The molecule has 0 unspecified atom stereocenters. The normalized spacial score (nSPS) is 17.8. The van der Waals surface area contributed by atoms with E-state index in [0.717, 1.165) is 22.0 Å². The van der Waals surface area contributed by atoms with Crippen molar-refractivity contribution in [2.45, 2.75) is 17.6 Å². The number of nitriles is 1. The zero-order valence-corrected chi connectivity index (χ0v) is 13.7. The summed E-state index contributed by atoms with van der Waals surface area (Å²) in [6.45, 7) is 1.33. The first-order valence-corrected chi connectivity index (χ1v) is 8.42. The molecule has 1 amide bonds. The molecule has 0 N–H and O–H groups in total. The van der Waals surface area contributed by atoms with Gasteiger partial charge in [-0.1, -0.05) is 0 Å². The highest BCUT2D eigenvalue weighted by Crippen LogP contribution is 2.34. The van der Waals surface area contributed by atoms with E-state index in [1.165, 1.54) is 0 Å². The quantitative estimate of drug-likeness (QED) is 0.734. The van der Waals surface area contributed by atoms with E-state index >= 15 is 0 Å². The van der Waals surface area contributed by atoms with Crippen LogP contribution in [0.1, 0.15) is 23.2 Å². The number of hydrogen-bond donors (Lipinski definition) is 0. The first kappa shape index (κ1) is 14.7. The minimum Gasteiger partial charge on any atom is -0.338 e. The van der Waals surface area contributed by atoms with Crippen LogP contribution < -0.4 is 0 Å². The molecule has 0 saturated carbocycles. The minimum absolute atomic E-state index is 0.0732. The SMILES string of the molecule is CSC1(C#N)CCN(C(=O)c2ccc(I)cc2)CC1. The van der Waals surface area contributed by atoms with Gasteiger partial charge in [-0.2, -0.15) is 5.26 Å². The number of rotatable bonds is 2. The third kappa shape index (κ3) is 3.23. The average molecular weight is 386 g/mol. The number of carbonyl (C=O) groups excluding carboxylic acids is 1. The van der Waals surface area contributed by atoms with Crippen molar-refractivity contribution in [2.24, 2.45) is 0 Å². The van der Waals surface area contributed by atoms with Crippen molar-refractivity contribution in [1.82, 2.24) is 4.90 Å². The first-order valence-electron chi connectivity index (χ1n) is 6.11. The summed E-state index contributed by atoms with van der Waals surface area (Å²) in [5.41, 5.74) is 0.731. The number of carbonyl (C=O) groups is 1. The Kier molecular flexibility index (Phi) is 4.74. The van der Waals surface area contributed by atoms with E-state index in [0.29, 0.717) is 13.1 Å². The van der Waals surface area contributed by atoms with Crippen LogP contribution in [0.5, 0.6) is 0 Å². The minimum atomic E-state index is -0.303. The molecule has 1 aromatic rings.